The van der Waals surface area contributed by atoms with Crippen LogP contribution in [0.1, 0.15) is 0 Å². The molecule has 0 aliphatic carbocycles. The summed E-state index contributed by atoms with van der Waals surface area (Å²) in [6, 6.07) is 21.5. The Morgan fingerprint density at radius 3 is 1.65 bits per heavy atom. The van der Waals surface area contributed by atoms with Crippen LogP contribution in [0.5, 0.6) is 0 Å². The fourth-order valence-corrected chi connectivity index (χ4v) is 4.48. The second kappa shape index (κ2) is 7.87. The lowest BCUT2D eigenvalue weighted by Gasteiger charge is -2.11. The molecular weight excluding hydrogens is 387 g/mol. The minimum Gasteiger partial charge on any atom is -0.0889 e. The molecule has 23 heavy (non-hydrogen) atoms. The zero-order valence-corrected chi connectivity index (χ0v) is 15.7. The number of hydrogen-bond acceptors (Lipinski definition) is 2. The molecule has 0 saturated carbocycles. The molecule has 0 unspecified atom stereocenters. The van der Waals surface area contributed by atoms with Crippen LogP contribution >= 0.6 is 58.3 Å². The highest BCUT2D eigenvalue weighted by Gasteiger charge is 2.10. The largest absolute Gasteiger partial charge is 0.0889 e. The van der Waals surface area contributed by atoms with Crippen LogP contribution in [-0.4, -0.2) is 0 Å². The monoisotopic (exact) mass is 396 g/mol. The minimum atomic E-state index is 0.726. The van der Waals surface area contributed by atoms with Crippen molar-refractivity contribution in [3.05, 3.63) is 81.8 Å². The maximum Gasteiger partial charge on any atom is 0.0556 e. The SMILES string of the molecule is Clc1ccc(Sc2cccc(Cl)c2Sc2ccc(Cl)cc2)cc1. The molecule has 0 aromatic heterocycles. The molecule has 0 atom stereocenters. The van der Waals surface area contributed by atoms with Crippen molar-refractivity contribution in [2.45, 2.75) is 19.6 Å². The topological polar surface area (TPSA) is 0 Å². The molecule has 0 saturated heterocycles. The number of halogens is 3. The van der Waals surface area contributed by atoms with E-state index in [1.54, 1.807) is 23.5 Å². The van der Waals surface area contributed by atoms with Gasteiger partial charge in [0.25, 0.3) is 0 Å². The molecule has 0 fully saturated rings. The third kappa shape index (κ3) is 4.62. The maximum atomic E-state index is 6.42. The molecule has 3 aromatic carbocycles. The van der Waals surface area contributed by atoms with E-state index in [4.69, 9.17) is 34.8 Å². The van der Waals surface area contributed by atoms with Crippen LogP contribution in [0.4, 0.5) is 0 Å². The summed E-state index contributed by atoms with van der Waals surface area (Å²) in [4.78, 5) is 4.37. The molecule has 0 bridgehead atoms. The molecular formula is C18H11Cl3S2. The van der Waals surface area contributed by atoms with Crippen LogP contribution in [0.25, 0.3) is 0 Å². The Morgan fingerprint density at radius 2 is 1.09 bits per heavy atom. The van der Waals surface area contributed by atoms with Crippen LogP contribution in [0.3, 0.4) is 0 Å². The zero-order chi connectivity index (χ0) is 16.2. The summed E-state index contributed by atoms with van der Waals surface area (Å²) in [5, 5.41) is 2.20. The molecule has 0 aliphatic rings. The molecule has 5 heteroatoms. The van der Waals surface area contributed by atoms with E-state index in [1.807, 2.05) is 60.7 Å². The minimum absolute atomic E-state index is 0.726. The Bertz CT molecular complexity index is 800. The van der Waals surface area contributed by atoms with Gasteiger partial charge >= 0.3 is 0 Å². The van der Waals surface area contributed by atoms with E-state index in [0.717, 1.165) is 34.6 Å². The summed E-state index contributed by atoms with van der Waals surface area (Å²) in [6.07, 6.45) is 0. The van der Waals surface area contributed by atoms with Crippen LogP contribution in [0.2, 0.25) is 15.1 Å². The Balaban J connectivity index is 1.90. The third-order valence-electron chi connectivity index (χ3n) is 3.01. The molecule has 0 radical (unpaired) electrons. The summed E-state index contributed by atoms with van der Waals surface area (Å²) < 4.78 is 0. The van der Waals surface area contributed by atoms with Crippen LogP contribution < -0.4 is 0 Å². The second-order valence-electron chi connectivity index (χ2n) is 4.68. The lowest BCUT2D eigenvalue weighted by Crippen LogP contribution is -1.82. The van der Waals surface area contributed by atoms with E-state index < -0.39 is 0 Å². The van der Waals surface area contributed by atoms with Gasteiger partial charge in [0.2, 0.25) is 0 Å². The van der Waals surface area contributed by atoms with Gasteiger partial charge in [0.1, 0.15) is 0 Å². The first-order valence-electron chi connectivity index (χ1n) is 6.77. The molecule has 3 rings (SSSR count). The number of hydrogen-bond donors (Lipinski definition) is 0. The fraction of sp³-hybridized carbons (Fsp3) is 0. The molecule has 0 nitrogen and oxygen atoms in total. The summed E-state index contributed by atoms with van der Waals surface area (Å²) in [6.45, 7) is 0. The molecule has 0 N–H and O–H groups in total. The first kappa shape index (κ1) is 17.1. The Hall–Kier alpha value is -0.770. The van der Waals surface area contributed by atoms with E-state index in [9.17, 15) is 0 Å². The van der Waals surface area contributed by atoms with E-state index in [-0.39, 0.29) is 0 Å². The highest BCUT2D eigenvalue weighted by atomic mass is 35.5. The van der Waals surface area contributed by atoms with Crippen LogP contribution in [0.15, 0.2) is 86.3 Å². The zero-order valence-electron chi connectivity index (χ0n) is 11.8. The summed E-state index contributed by atoms with van der Waals surface area (Å²) in [5.74, 6) is 0. The second-order valence-corrected chi connectivity index (χ2v) is 8.16. The van der Waals surface area contributed by atoms with Gasteiger partial charge in [0.15, 0.2) is 0 Å². The Morgan fingerprint density at radius 1 is 0.565 bits per heavy atom. The average Bonchev–Trinajstić information content (AvgIpc) is 2.55. The van der Waals surface area contributed by atoms with E-state index >= 15 is 0 Å². The van der Waals surface area contributed by atoms with Crippen molar-refractivity contribution in [2.24, 2.45) is 0 Å². The van der Waals surface area contributed by atoms with Crippen molar-refractivity contribution in [2.75, 3.05) is 0 Å². The van der Waals surface area contributed by atoms with Gasteiger partial charge in [-0.3, -0.25) is 0 Å². The highest BCUT2D eigenvalue weighted by molar-refractivity contribution is 8.02. The quantitative estimate of drug-likeness (QED) is 0.438. The third-order valence-corrected chi connectivity index (χ3v) is 6.29. The van der Waals surface area contributed by atoms with Gasteiger partial charge in [0.05, 0.1) is 5.02 Å². The first-order chi connectivity index (χ1) is 11.1. The molecule has 3 aromatic rings. The maximum absolute atomic E-state index is 6.42. The van der Waals surface area contributed by atoms with Crippen LogP contribution in [-0.2, 0) is 0 Å². The number of rotatable bonds is 4. The van der Waals surface area contributed by atoms with Gasteiger partial charge in [-0.15, -0.1) is 0 Å². The van der Waals surface area contributed by atoms with E-state index in [1.165, 1.54) is 0 Å². The van der Waals surface area contributed by atoms with Crippen molar-refractivity contribution < 1.29 is 0 Å². The molecule has 0 heterocycles. The van der Waals surface area contributed by atoms with Crippen molar-refractivity contribution in [3.8, 4) is 0 Å². The average molecular weight is 398 g/mol. The lowest BCUT2D eigenvalue weighted by atomic mass is 10.3. The number of benzene rings is 3. The van der Waals surface area contributed by atoms with Gasteiger partial charge in [-0.1, -0.05) is 64.4 Å². The van der Waals surface area contributed by atoms with Crippen molar-refractivity contribution >= 4 is 58.3 Å². The van der Waals surface area contributed by atoms with Gasteiger partial charge in [-0.25, -0.2) is 0 Å². The lowest BCUT2D eigenvalue weighted by molar-refractivity contribution is 1.23. The standard InChI is InChI=1S/C18H11Cl3S2/c19-12-4-8-14(9-5-12)22-17-3-1-2-16(21)18(17)23-15-10-6-13(20)7-11-15/h1-11H. The summed E-state index contributed by atoms with van der Waals surface area (Å²) >= 11 is 21.6. The van der Waals surface area contributed by atoms with E-state index in [0.29, 0.717) is 0 Å². The normalized spacial score (nSPS) is 10.7. The van der Waals surface area contributed by atoms with Gasteiger partial charge in [0, 0.05) is 29.6 Å². The van der Waals surface area contributed by atoms with Gasteiger partial charge < -0.3 is 0 Å². The predicted molar refractivity (Wildman–Crippen MR) is 103 cm³/mol. The van der Waals surface area contributed by atoms with Crippen molar-refractivity contribution in [1.29, 1.82) is 0 Å². The van der Waals surface area contributed by atoms with Crippen molar-refractivity contribution in [3.63, 3.8) is 0 Å². The fourth-order valence-electron chi connectivity index (χ4n) is 1.92. The Labute approximate surface area is 159 Å². The van der Waals surface area contributed by atoms with E-state index in [2.05, 4.69) is 6.07 Å². The van der Waals surface area contributed by atoms with Gasteiger partial charge in [-0.05, 0) is 60.7 Å². The molecule has 116 valence electrons. The van der Waals surface area contributed by atoms with Gasteiger partial charge in [-0.2, -0.15) is 0 Å². The predicted octanol–water partition coefficient (Wildman–Crippen LogP) is 7.95. The smallest absolute Gasteiger partial charge is 0.0556 e. The molecule has 0 spiro atoms. The summed E-state index contributed by atoms with van der Waals surface area (Å²) in [5.41, 5.74) is 0. The highest BCUT2D eigenvalue weighted by Crippen LogP contribution is 2.42. The Kier molecular flexibility index (Phi) is 5.84. The first-order valence-corrected chi connectivity index (χ1v) is 9.54. The van der Waals surface area contributed by atoms with Crippen LogP contribution in [0, 0.1) is 0 Å². The van der Waals surface area contributed by atoms with Crippen molar-refractivity contribution in [1.82, 2.24) is 0 Å². The molecule has 0 aliphatic heterocycles. The molecule has 0 amide bonds. The summed E-state index contributed by atoms with van der Waals surface area (Å²) in [7, 11) is 0.